The lowest BCUT2D eigenvalue weighted by molar-refractivity contribution is 0.100. The van der Waals surface area contributed by atoms with Gasteiger partial charge >= 0.3 is 0 Å². The second kappa shape index (κ2) is 8.07. The maximum absolute atomic E-state index is 12.2. The topological polar surface area (TPSA) is 138 Å². The molecule has 11 nitrogen and oxygen atoms in total. The van der Waals surface area contributed by atoms with Crippen molar-refractivity contribution in [2.75, 3.05) is 23.8 Å². The van der Waals surface area contributed by atoms with Crippen LogP contribution in [-0.2, 0) is 0 Å². The van der Waals surface area contributed by atoms with Crippen molar-refractivity contribution < 1.29 is 4.79 Å². The number of amides is 1. The second-order valence-electron chi connectivity index (χ2n) is 6.06. The number of thiazole rings is 1. The van der Waals surface area contributed by atoms with E-state index in [1.807, 2.05) is 6.07 Å². The van der Waals surface area contributed by atoms with Gasteiger partial charge in [-0.25, -0.2) is 19.6 Å². The zero-order valence-corrected chi connectivity index (χ0v) is 15.5. The Hall–Kier alpha value is -3.43. The number of hydrogen-bond acceptors (Lipinski definition) is 10. The van der Waals surface area contributed by atoms with Crippen molar-refractivity contribution in [3.63, 3.8) is 0 Å². The molecule has 1 fully saturated rings. The number of nitrogens with one attached hydrogen (secondary N) is 2. The predicted octanol–water partition coefficient (Wildman–Crippen LogP) is 1.31. The van der Waals surface area contributed by atoms with Crippen molar-refractivity contribution >= 4 is 28.3 Å². The Kier molecular flexibility index (Phi) is 5.18. The third-order valence-corrected chi connectivity index (χ3v) is 5.02. The van der Waals surface area contributed by atoms with E-state index in [1.54, 1.807) is 11.6 Å². The summed E-state index contributed by atoms with van der Waals surface area (Å²) < 4.78 is 1.34. The number of rotatable bonds is 6. The van der Waals surface area contributed by atoms with Crippen molar-refractivity contribution in [1.82, 2.24) is 34.7 Å². The molecular formula is C16H16N10OS. The molecule has 28 heavy (non-hydrogen) atoms. The van der Waals surface area contributed by atoms with Gasteiger partial charge in [0.2, 0.25) is 5.95 Å². The Labute approximate surface area is 164 Å². The third-order valence-electron chi connectivity index (χ3n) is 4.26. The summed E-state index contributed by atoms with van der Waals surface area (Å²) in [7, 11) is 0. The van der Waals surface area contributed by atoms with Crippen LogP contribution in [0.1, 0.15) is 35.1 Å². The number of aromatic nitrogens is 6. The van der Waals surface area contributed by atoms with Crippen molar-refractivity contribution in [1.29, 1.82) is 5.26 Å². The Morgan fingerprint density at radius 3 is 3.04 bits per heavy atom. The molecule has 0 unspecified atom stereocenters. The molecule has 1 aliphatic rings. The number of carbonyl (C=O) groups excluding carboxylic acids is 1. The normalized spacial score (nSPS) is 16.6. The Morgan fingerprint density at radius 1 is 1.36 bits per heavy atom. The molecule has 0 saturated carbocycles. The lowest BCUT2D eigenvalue weighted by Crippen LogP contribution is -2.24. The smallest absolute Gasteiger partial charge is 0.289 e. The van der Waals surface area contributed by atoms with Crippen LogP contribution in [0.5, 0.6) is 0 Å². The molecule has 1 saturated heterocycles. The van der Waals surface area contributed by atoms with Crippen molar-refractivity contribution in [3.05, 3.63) is 41.7 Å². The maximum atomic E-state index is 12.2. The van der Waals surface area contributed by atoms with Crippen LogP contribution in [0.3, 0.4) is 0 Å². The summed E-state index contributed by atoms with van der Waals surface area (Å²) >= 11 is 1.28. The lowest BCUT2D eigenvalue weighted by Gasteiger charge is -2.21. The van der Waals surface area contributed by atoms with E-state index in [0.717, 1.165) is 25.1 Å². The number of carbonyl (C=O) groups is 1. The molecular weight excluding hydrogens is 380 g/mol. The largest absolute Gasteiger partial charge is 0.300 e. The highest BCUT2D eigenvalue weighted by Crippen LogP contribution is 2.30. The number of nitriles is 1. The van der Waals surface area contributed by atoms with Crippen LogP contribution in [0.2, 0.25) is 0 Å². The molecule has 1 atom stereocenters. The minimum Gasteiger partial charge on any atom is -0.300 e. The van der Waals surface area contributed by atoms with Crippen molar-refractivity contribution in [2.45, 2.75) is 18.9 Å². The van der Waals surface area contributed by atoms with Gasteiger partial charge in [-0.2, -0.15) is 5.26 Å². The molecule has 4 heterocycles. The van der Waals surface area contributed by atoms with Gasteiger partial charge in [-0.3, -0.25) is 15.1 Å². The van der Waals surface area contributed by atoms with Crippen molar-refractivity contribution in [2.24, 2.45) is 0 Å². The standard InChI is InChI=1S/C16H16N10OS/c17-4-7-25-6-1-2-13(25)11-3-5-18-15(21-11)23-16-22-12(8-28-16)14(27)24-26-9-19-20-10-26/h3,5,8-10,13H,1-2,6-7H2,(H,24,27)(H,18,21,22,23)/t13-/m1/s1. The van der Waals surface area contributed by atoms with E-state index in [-0.39, 0.29) is 17.6 Å². The van der Waals surface area contributed by atoms with Crippen LogP contribution in [0.15, 0.2) is 30.3 Å². The predicted molar refractivity (Wildman–Crippen MR) is 100 cm³/mol. The van der Waals surface area contributed by atoms with Crippen LogP contribution in [0.25, 0.3) is 0 Å². The first-order valence-corrected chi connectivity index (χ1v) is 9.43. The molecule has 4 rings (SSSR count). The van der Waals surface area contributed by atoms with Crippen LogP contribution in [0.4, 0.5) is 11.1 Å². The van der Waals surface area contributed by atoms with E-state index in [0.29, 0.717) is 17.6 Å². The first kappa shape index (κ1) is 18.0. The maximum Gasteiger partial charge on any atom is 0.289 e. The van der Waals surface area contributed by atoms with Gasteiger partial charge < -0.3 is 5.32 Å². The molecule has 0 radical (unpaired) electrons. The summed E-state index contributed by atoms with van der Waals surface area (Å²) in [6, 6.07) is 4.19. The first-order chi connectivity index (χ1) is 13.7. The molecule has 3 aromatic rings. The van der Waals surface area contributed by atoms with Gasteiger partial charge in [0.1, 0.15) is 18.3 Å². The van der Waals surface area contributed by atoms with E-state index in [2.05, 4.69) is 46.9 Å². The van der Waals surface area contributed by atoms with Gasteiger partial charge in [-0.1, -0.05) is 0 Å². The summed E-state index contributed by atoms with van der Waals surface area (Å²) in [5.74, 6) is 0.0262. The lowest BCUT2D eigenvalue weighted by atomic mass is 10.1. The summed E-state index contributed by atoms with van der Waals surface area (Å²) in [5, 5.41) is 21.4. The minimum absolute atomic E-state index is 0.115. The number of likely N-dealkylation sites (tertiary alicyclic amines) is 1. The average Bonchev–Trinajstić information content (AvgIpc) is 3.44. The highest BCUT2D eigenvalue weighted by molar-refractivity contribution is 7.14. The molecule has 1 aliphatic heterocycles. The fourth-order valence-electron chi connectivity index (χ4n) is 3.02. The van der Waals surface area contributed by atoms with E-state index in [1.165, 1.54) is 28.7 Å². The van der Waals surface area contributed by atoms with Gasteiger partial charge in [0, 0.05) is 11.6 Å². The Morgan fingerprint density at radius 2 is 2.21 bits per heavy atom. The second-order valence-corrected chi connectivity index (χ2v) is 6.92. The first-order valence-electron chi connectivity index (χ1n) is 8.55. The van der Waals surface area contributed by atoms with Gasteiger partial charge in [-0.15, -0.1) is 21.5 Å². The van der Waals surface area contributed by atoms with E-state index >= 15 is 0 Å². The van der Waals surface area contributed by atoms with Crippen LogP contribution < -0.4 is 10.7 Å². The zero-order chi connectivity index (χ0) is 19.3. The molecule has 0 aliphatic carbocycles. The fourth-order valence-corrected chi connectivity index (χ4v) is 3.71. The monoisotopic (exact) mass is 396 g/mol. The van der Waals surface area contributed by atoms with E-state index < -0.39 is 0 Å². The van der Waals surface area contributed by atoms with Crippen LogP contribution in [0, 0.1) is 11.3 Å². The van der Waals surface area contributed by atoms with E-state index in [4.69, 9.17) is 5.26 Å². The van der Waals surface area contributed by atoms with Gasteiger partial charge in [-0.05, 0) is 25.5 Å². The van der Waals surface area contributed by atoms with Crippen molar-refractivity contribution in [3.8, 4) is 6.07 Å². The average molecular weight is 396 g/mol. The van der Waals surface area contributed by atoms with Gasteiger partial charge in [0.25, 0.3) is 5.91 Å². The van der Waals surface area contributed by atoms with Crippen LogP contribution >= 0.6 is 11.3 Å². The molecule has 0 spiro atoms. The minimum atomic E-state index is -0.378. The zero-order valence-electron chi connectivity index (χ0n) is 14.7. The molecule has 0 bridgehead atoms. The summed E-state index contributed by atoms with van der Waals surface area (Å²) in [4.78, 5) is 27.3. The number of anilines is 2. The summed E-state index contributed by atoms with van der Waals surface area (Å²) in [5.41, 5.74) is 3.71. The molecule has 1 amide bonds. The third kappa shape index (κ3) is 3.95. The molecule has 142 valence electrons. The number of hydrogen-bond donors (Lipinski definition) is 2. The molecule has 3 aromatic heterocycles. The van der Waals surface area contributed by atoms with Gasteiger partial charge in [0.15, 0.2) is 5.13 Å². The fraction of sp³-hybridized carbons (Fsp3) is 0.312. The van der Waals surface area contributed by atoms with Gasteiger partial charge in [0.05, 0.1) is 24.3 Å². The quantitative estimate of drug-likeness (QED) is 0.591. The van der Waals surface area contributed by atoms with Crippen LogP contribution in [-0.4, -0.2) is 53.7 Å². The molecule has 12 heteroatoms. The highest BCUT2D eigenvalue weighted by atomic mass is 32.1. The van der Waals surface area contributed by atoms with E-state index in [9.17, 15) is 4.79 Å². The Balaban J connectivity index is 1.44. The molecule has 0 aromatic carbocycles. The summed E-state index contributed by atoms with van der Waals surface area (Å²) in [6.07, 6.45) is 6.43. The number of nitrogens with zero attached hydrogens (tertiary/aromatic N) is 8. The summed E-state index contributed by atoms with van der Waals surface area (Å²) in [6.45, 7) is 1.27. The SMILES string of the molecule is N#CCN1CCC[C@@H]1c1ccnc(Nc2nc(C(=O)Nn3cnnc3)cs2)n1. The Bertz CT molecular complexity index is 995. The molecule has 2 N–H and O–H groups in total. The highest BCUT2D eigenvalue weighted by Gasteiger charge is 2.27.